The highest BCUT2D eigenvalue weighted by molar-refractivity contribution is 6.30. The fourth-order valence-corrected chi connectivity index (χ4v) is 1.85. The third-order valence-electron chi connectivity index (χ3n) is 2.53. The van der Waals surface area contributed by atoms with Crippen LogP contribution in [0.25, 0.3) is 0 Å². The first kappa shape index (κ1) is 11.8. The molecule has 0 aliphatic carbocycles. The molecular weight excluding hydrogens is 238 g/mol. The number of aliphatic hydroxyl groups is 1. The molecule has 0 radical (unpaired) electrons. The van der Waals surface area contributed by atoms with Crippen molar-refractivity contribution in [2.75, 3.05) is 5.73 Å². The molecule has 0 spiro atoms. The van der Waals surface area contributed by atoms with Gasteiger partial charge in [-0.3, -0.25) is 0 Å². The van der Waals surface area contributed by atoms with Crippen LogP contribution in [-0.2, 0) is 0 Å². The van der Waals surface area contributed by atoms with Crippen LogP contribution < -0.4 is 5.73 Å². The number of nitrogens with two attached hydrogens (primary N) is 1. The van der Waals surface area contributed by atoms with E-state index >= 15 is 0 Å². The second-order valence-electron chi connectivity index (χ2n) is 3.77. The quantitative estimate of drug-likeness (QED) is 0.717. The first-order chi connectivity index (χ1) is 8.08. The van der Waals surface area contributed by atoms with Gasteiger partial charge in [0.15, 0.2) is 0 Å². The van der Waals surface area contributed by atoms with E-state index in [1.54, 1.807) is 36.4 Å². The molecule has 4 N–H and O–H groups in total. The zero-order valence-electron chi connectivity index (χ0n) is 8.97. The van der Waals surface area contributed by atoms with E-state index in [0.717, 1.165) is 0 Å². The lowest BCUT2D eigenvalue weighted by atomic mass is 10.00. The van der Waals surface area contributed by atoms with Crippen molar-refractivity contribution in [3.8, 4) is 5.75 Å². The number of aliphatic hydroxyl groups excluding tert-OH is 1. The number of aromatic hydroxyl groups is 1. The number of benzene rings is 2. The SMILES string of the molecule is Nc1cc(Cl)ccc1C(O)c1cccc(O)c1. The summed E-state index contributed by atoms with van der Waals surface area (Å²) < 4.78 is 0. The molecule has 0 amide bonds. The molecule has 2 aromatic rings. The molecule has 1 atom stereocenters. The number of hydrogen-bond acceptors (Lipinski definition) is 3. The third kappa shape index (κ3) is 2.52. The number of rotatable bonds is 2. The highest BCUT2D eigenvalue weighted by Crippen LogP contribution is 2.29. The average molecular weight is 250 g/mol. The zero-order chi connectivity index (χ0) is 12.4. The Labute approximate surface area is 104 Å². The number of nitrogen functional groups attached to an aromatic ring is 1. The number of phenols is 1. The normalized spacial score (nSPS) is 12.4. The second kappa shape index (κ2) is 4.65. The minimum atomic E-state index is -0.876. The summed E-state index contributed by atoms with van der Waals surface area (Å²) in [5.74, 6) is 0.106. The summed E-state index contributed by atoms with van der Waals surface area (Å²) in [6.45, 7) is 0. The van der Waals surface area contributed by atoms with Crippen LogP contribution in [0.5, 0.6) is 5.75 Å². The number of phenolic OH excluding ortho intramolecular Hbond substituents is 1. The Balaban J connectivity index is 2.40. The molecule has 0 aliphatic heterocycles. The molecule has 0 aromatic heterocycles. The number of halogens is 1. The van der Waals surface area contributed by atoms with E-state index in [2.05, 4.69) is 0 Å². The van der Waals surface area contributed by atoms with Crippen molar-refractivity contribution in [3.63, 3.8) is 0 Å². The Bertz CT molecular complexity index is 543. The molecular formula is C13H12ClNO2. The maximum atomic E-state index is 10.2. The van der Waals surface area contributed by atoms with E-state index in [1.807, 2.05) is 0 Å². The minimum absolute atomic E-state index is 0.106. The Morgan fingerprint density at radius 3 is 2.53 bits per heavy atom. The van der Waals surface area contributed by atoms with Gasteiger partial charge in [0.1, 0.15) is 11.9 Å². The summed E-state index contributed by atoms with van der Waals surface area (Å²) in [5.41, 5.74) is 7.37. The van der Waals surface area contributed by atoms with Crippen LogP contribution in [0.2, 0.25) is 5.02 Å². The standard InChI is InChI=1S/C13H12ClNO2/c14-9-4-5-11(12(15)7-9)13(17)8-2-1-3-10(16)6-8/h1-7,13,16-17H,15H2. The smallest absolute Gasteiger partial charge is 0.115 e. The van der Waals surface area contributed by atoms with Gasteiger partial charge in [0.05, 0.1) is 0 Å². The van der Waals surface area contributed by atoms with Crippen LogP contribution in [0.3, 0.4) is 0 Å². The van der Waals surface area contributed by atoms with Gasteiger partial charge < -0.3 is 15.9 Å². The molecule has 88 valence electrons. The number of hydrogen-bond donors (Lipinski definition) is 3. The molecule has 2 aromatic carbocycles. The van der Waals surface area contributed by atoms with Crippen LogP contribution in [0.1, 0.15) is 17.2 Å². The second-order valence-corrected chi connectivity index (χ2v) is 4.21. The van der Waals surface area contributed by atoms with Crippen LogP contribution in [0.15, 0.2) is 42.5 Å². The van der Waals surface area contributed by atoms with Crippen molar-refractivity contribution >= 4 is 17.3 Å². The summed E-state index contributed by atoms with van der Waals surface area (Å²) >= 11 is 5.79. The maximum Gasteiger partial charge on any atom is 0.115 e. The van der Waals surface area contributed by atoms with Crippen molar-refractivity contribution < 1.29 is 10.2 Å². The van der Waals surface area contributed by atoms with Crippen molar-refractivity contribution in [2.24, 2.45) is 0 Å². The van der Waals surface area contributed by atoms with Crippen LogP contribution in [0, 0.1) is 0 Å². The van der Waals surface area contributed by atoms with Gasteiger partial charge in [0, 0.05) is 16.3 Å². The highest BCUT2D eigenvalue weighted by Gasteiger charge is 2.13. The van der Waals surface area contributed by atoms with E-state index in [-0.39, 0.29) is 5.75 Å². The minimum Gasteiger partial charge on any atom is -0.508 e. The summed E-state index contributed by atoms with van der Waals surface area (Å²) in [5, 5.41) is 20.0. The van der Waals surface area contributed by atoms with Crippen molar-refractivity contribution in [2.45, 2.75) is 6.10 Å². The molecule has 0 heterocycles. The molecule has 0 saturated carbocycles. The monoisotopic (exact) mass is 249 g/mol. The first-order valence-electron chi connectivity index (χ1n) is 5.10. The molecule has 0 fully saturated rings. The van der Waals surface area contributed by atoms with E-state index in [1.165, 1.54) is 6.07 Å². The fourth-order valence-electron chi connectivity index (χ4n) is 1.67. The molecule has 3 nitrogen and oxygen atoms in total. The van der Waals surface area contributed by atoms with E-state index in [0.29, 0.717) is 21.8 Å². The van der Waals surface area contributed by atoms with Gasteiger partial charge in [0.2, 0.25) is 0 Å². The summed E-state index contributed by atoms with van der Waals surface area (Å²) in [6, 6.07) is 11.4. The van der Waals surface area contributed by atoms with E-state index in [4.69, 9.17) is 17.3 Å². The largest absolute Gasteiger partial charge is 0.508 e. The first-order valence-corrected chi connectivity index (χ1v) is 5.47. The summed E-state index contributed by atoms with van der Waals surface area (Å²) in [7, 11) is 0. The third-order valence-corrected chi connectivity index (χ3v) is 2.76. The average Bonchev–Trinajstić information content (AvgIpc) is 2.28. The lowest BCUT2D eigenvalue weighted by molar-refractivity contribution is 0.220. The molecule has 1 unspecified atom stereocenters. The van der Waals surface area contributed by atoms with Gasteiger partial charge >= 0.3 is 0 Å². The lowest BCUT2D eigenvalue weighted by Gasteiger charge is -2.14. The molecule has 4 heteroatoms. The van der Waals surface area contributed by atoms with E-state index < -0.39 is 6.10 Å². The van der Waals surface area contributed by atoms with Gasteiger partial charge in [0.25, 0.3) is 0 Å². The lowest BCUT2D eigenvalue weighted by Crippen LogP contribution is -2.03. The van der Waals surface area contributed by atoms with Gasteiger partial charge in [-0.2, -0.15) is 0 Å². The van der Waals surface area contributed by atoms with Gasteiger partial charge in [-0.15, -0.1) is 0 Å². The Kier molecular flexibility index (Phi) is 3.22. The van der Waals surface area contributed by atoms with Gasteiger partial charge in [-0.1, -0.05) is 29.8 Å². The molecule has 0 aliphatic rings. The van der Waals surface area contributed by atoms with Crippen molar-refractivity contribution in [1.82, 2.24) is 0 Å². The molecule has 0 saturated heterocycles. The van der Waals surface area contributed by atoms with Crippen molar-refractivity contribution in [3.05, 3.63) is 58.6 Å². The predicted molar refractivity (Wildman–Crippen MR) is 68.0 cm³/mol. The predicted octanol–water partition coefficient (Wildman–Crippen LogP) is 2.71. The van der Waals surface area contributed by atoms with Gasteiger partial charge in [-0.25, -0.2) is 0 Å². The topological polar surface area (TPSA) is 66.5 Å². The molecule has 0 bridgehead atoms. The summed E-state index contributed by atoms with van der Waals surface area (Å²) in [4.78, 5) is 0. The number of anilines is 1. The zero-order valence-corrected chi connectivity index (χ0v) is 9.72. The summed E-state index contributed by atoms with van der Waals surface area (Å²) in [6.07, 6.45) is -0.876. The van der Waals surface area contributed by atoms with Crippen LogP contribution in [0.4, 0.5) is 5.69 Å². The molecule has 17 heavy (non-hydrogen) atoms. The van der Waals surface area contributed by atoms with E-state index in [9.17, 15) is 10.2 Å². The Morgan fingerprint density at radius 1 is 1.12 bits per heavy atom. The van der Waals surface area contributed by atoms with Gasteiger partial charge in [-0.05, 0) is 29.8 Å². The maximum absolute atomic E-state index is 10.2. The highest BCUT2D eigenvalue weighted by atomic mass is 35.5. The van der Waals surface area contributed by atoms with Crippen LogP contribution in [-0.4, -0.2) is 10.2 Å². The Hall–Kier alpha value is -1.71. The Morgan fingerprint density at radius 2 is 1.88 bits per heavy atom. The fraction of sp³-hybridized carbons (Fsp3) is 0.0769. The van der Waals surface area contributed by atoms with Crippen LogP contribution >= 0.6 is 11.6 Å². The molecule has 2 rings (SSSR count). The van der Waals surface area contributed by atoms with Crippen molar-refractivity contribution in [1.29, 1.82) is 0 Å².